The number of carbonyl (C=O) groups is 1. The van der Waals surface area contributed by atoms with Gasteiger partial charge in [0.15, 0.2) is 0 Å². The van der Waals surface area contributed by atoms with Gasteiger partial charge >= 0.3 is 0 Å². The number of aromatic nitrogens is 2. The van der Waals surface area contributed by atoms with E-state index < -0.39 is 5.56 Å². The summed E-state index contributed by atoms with van der Waals surface area (Å²) in [6, 6.07) is 9.85. The molecule has 2 aromatic rings. The van der Waals surface area contributed by atoms with Crippen LogP contribution < -0.4 is 10.9 Å². The topological polar surface area (TPSA) is 64.0 Å². The van der Waals surface area contributed by atoms with E-state index >= 15 is 0 Å². The number of carbonyl (C=O) groups excluding carboxylic acids is 1. The molecule has 1 amide bonds. The third-order valence-electron chi connectivity index (χ3n) is 3.21. The lowest BCUT2D eigenvalue weighted by Gasteiger charge is -2.13. The number of nitrogens with one attached hydrogen (secondary N) is 1. The summed E-state index contributed by atoms with van der Waals surface area (Å²) in [6.45, 7) is 2.29. The van der Waals surface area contributed by atoms with Crippen molar-refractivity contribution in [2.45, 2.75) is 19.4 Å². The minimum atomic E-state index is -0.583. The van der Waals surface area contributed by atoms with Crippen molar-refractivity contribution in [2.24, 2.45) is 0 Å². The van der Waals surface area contributed by atoms with Crippen LogP contribution in [0.1, 0.15) is 18.4 Å². The van der Waals surface area contributed by atoms with Gasteiger partial charge < -0.3 is 5.32 Å². The SMILES string of the molecule is C[C@@H](CNC(=O)Cn1ncc(Cl)c(Cl)c1=O)c1ccccc1. The average molecular weight is 340 g/mol. The lowest BCUT2D eigenvalue weighted by atomic mass is 10.0. The Labute approximate surface area is 137 Å². The standard InChI is InChI=1S/C15H15Cl2N3O2/c1-10(11-5-3-2-4-6-11)7-18-13(21)9-20-15(22)14(17)12(16)8-19-20/h2-6,8,10H,7,9H2,1H3,(H,18,21)/t10-/m0/s1. The van der Waals surface area contributed by atoms with Crippen molar-refractivity contribution in [1.82, 2.24) is 15.1 Å². The molecule has 1 heterocycles. The molecule has 0 unspecified atom stereocenters. The minimum Gasteiger partial charge on any atom is -0.354 e. The summed E-state index contributed by atoms with van der Waals surface area (Å²) in [4.78, 5) is 23.7. The quantitative estimate of drug-likeness (QED) is 0.909. The Balaban J connectivity index is 1.94. The van der Waals surface area contributed by atoms with Gasteiger partial charge in [0, 0.05) is 6.54 Å². The van der Waals surface area contributed by atoms with Crippen molar-refractivity contribution in [3.05, 3.63) is 62.5 Å². The fraction of sp³-hybridized carbons (Fsp3) is 0.267. The molecule has 5 nitrogen and oxygen atoms in total. The van der Waals surface area contributed by atoms with Crippen molar-refractivity contribution in [1.29, 1.82) is 0 Å². The summed E-state index contributed by atoms with van der Waals surface area (Å²) >= 11 is 11.4. The molecule has 7 heteroatoms. The number of benzene rings is 1. The lowest BCUT2D eigenvalue weighted by molar-refractivity contribution is -0.121. The highest BCUT2D eigenvalue weighted by Gasteiger charge is 2.12. The molecule has 0 bridgehead atoms. The Bertz CT molecular complexity index is 716. The van der Waals surface area contributed by atoms with Crippen molar-refractivity contribution in [3.63, 3.8) is 0 Å². The highest BCUT2D eigenvalue weighted by molar-refractivity contribution is 6.41. The van der Waals surface area contributed by atoms with Crippen LogP contribution in [0.3, 0.4) is 0 Å². The van der Waals surface area contributed by atoms with Gasteiger partial charge in [-0.15, -0.1) is 0 Å². The van der Waals surface area contributed by atoms with Crippen LogP contribution in [0.5, 0.6) is 0 Å². The maximum absolute atomic E-state index is 11.9. The fourth-order valence-electron chi connectivity index (χ4n) is 1.92. The normalized spacial score (nSPS) is 12.0. The predicted octanol–water partition coefficient (Wildman–Crippen LogP) is 2.47. The first-order chi connectivity index (χ1) is 10.5. The summed E-state index contributed by atoms with van der Waals surface area (Å²) in [7, 11) is 0. The first kappa shape index (κ1) is 16.5. The summed E-state index contributed by atoms with van der Waals surface area (Å²) in [5, 5.41) is 6.50. The van der Waals surface area contributed by atoms with Gasteiger partial charge in [-0.3, -0.25) is 9.59 Å². The monoisotopic (exact) mass is 339 g/mol. The Morgan fingerprint density at radius 2 is 2.00 bits per heavy atom. The average Bonchev–Trinajstić information content (AvgIpc) is 2.54. The molecule has 116 valence electrons. The molecule has 0 aliphatic heterocycles. The Kier molecular flexibility index (Phi) is 5.57. The second kappa shape index (κ2) is 7.42. The molecule has 0 fully saturated rings. The maximum Gasteiger partial charge on any atom is 0.287 e. The first-order valence-corrected chi connectivity index (χ1v) is 7.47. The Hall–Kier alpha value is -1.85. The van der Waals surface area contributed by atoms with E-state index in [0.29, 0.717) is 6.54 Å². The first-order valence-electron chi connectivity index (χ1n) is 6.71. The van der Waals surface area contributed by atoms with Gasteiger partial charge in [-0.05, 0) is 11.5 Å². The van der Waals surface area contributed by atoms with E-state index in [4.69, 9.17) is 23.2 Å². The number of hydrogen-bond acceptors (Lipinski definition) is 3. The van der Waals surface area contributed by atoms with Gasteiger partial charge in [0.2, 0.25) is 5.91 Å². The molecular formula is C15H15Cl2N3O2. The van der Waals surface area contributed by atoms with E-state index in [9.17, 15) is 9.59 Å². The van der Waals surface area contributed by atoms with Crippen molar-refractivity contribution < 1.29 is 4.79 Å². The number of rotatable bonds is 5. The highest BCUT2D eigenvalue weighted by atomic mass is 35.5. The van der Waals surface area contributed by atoms with E-state index in [0.717, 1.165) is 10.2 Å². The summed E-state index contributed by atoms with van der Waals surface area (Å²) in [6.07, 6.45) is 1.24. The Morgan fingerprint density at radius 1 is 1.32 bits per heavy atom. The highest BCUT2D eigenvalue weighted by Crippen LogP contribution is 2.14. The molecule has 2 rings (SSSR count). The minimum absolute atomic E-state index is 0.0704. The molecule has 0 saturated heterocycles. The van der Waals surface area contributed by atoms with E-state index in [-0.39, 0.29) is 28.4 Å². The number of nitrogens with zero attached hydrogens (tertiary/aromatic N) is 2. The van der Waals surface area contributed by atoms with Crippen molar-refractivity contribution >= 4 is 29.1 Å². The van der Waals surface area contributed by atoms with Crippen LogP contribution in [0, 0.1) is 0 Å². The molecular weight excluding hydrogens is 325 g/mol. The second-order valence-electron chi connectivity index (χ2n) is 4.89. The Morgan fingerprint density at radius 3 is 2.68 bits per heavy atom. The fourth-order valence-corrected chi connectivity index (χ4v) is 2.19. The molecule has 1 aromatic carbocycles. The van der Waals surface area contributed by atoms with Crippen molar-refractivity contribution in [3.8, 4) is 0 Å². The zero-order valence-corrected chi connectivity index (χ0v) is 13.4. The molecule has 0 radical (unpaired) electrons. The molecule has 1 aromatic heterocycles. The number of amides is 1. The van der Waals surface area contributed by atoms with E-state index in [1.807, 2.05) is 37.3 Å². The summed E-state index contributed by atoms with van der Waals surface area (Å²) in [5.74, 6) is -0.139. The van der Waals surface area contributed by atoms with Crippen LogP contribution in [0.25, 0.3) is 0 Å². The zero-order valence-electron chi connectivity index (χ0n) is 11.9. The van der Waals surface area contributed by atoms with Gasteiger partial charge in [-0.2, -0.15) is 5.10 Å². The zero-order chi connectivity index (χ0) is 16.1. The molecule has 0 aliphatic rings. The van der Waals surface area contributed by atoms with Crippen LogP contribution in [0.4, 0.5) is 0 Å². The van der Waals surface area contributed by atoms with Gasteiger partial charge in [-0.1, -0.05) is 60.5 Å². The smallest absolute Gasteiger partial charge is 0.287 e. The van der Waals surface area contributed by atoms with Gasteiger partial charge in [-0.25, -0.2) is 4.68 Å². The molecule has 1 atom stereocenters. The largest absolute Gasteiger partial charge is 0.354 e. The van der Waals surface area contributed by atoms with E-state index in [2.05, 4.69) is 10.4 Å². The second-order valence-corrected chi connectivity index (χ2v) is 5.67. The number of hydrogen-bond donors (Lipinski definition) is 1. The molecule has 0 saturated carbocycles. The number of halogens is 2. The third kappa shape index (κ3) is 4.08. The van der Waals surface area contributed by atoms with Crippen LogP contribution in [-0.2, 0) is 11.3 Å². The van der Waals surface area contributed by atoms with Crippen molar-refractivity contribution in [2.75, 3.05) is 6.54 Å². The van der Waals surface area contributed by atoms with Gasteiger partial charge in [0.05, 0.1) is 11.2 Å². The van der Waals surface area contributed by atoms with Crippen LogP contribution >= 0.6 is 23.2 Å². The van der Waals surface area contributed by atoms with Crippen LogP contribution in [0.15, 0.2) is 41.3 Å². The van der Waals surface area contributed by atoms with Crippen LogP contribution in [0.2, 0.25) is 10.0 Å². The van der Waals surface area contributed by atoms with Gasteiger partial charge in [0.25, 0.3) is 5.56 Å². The van der Waals surface area contributed by atoms with E-state index in [1.54, 1.807) is 0 Å². The predicted molar refractivity (Wildman–Crippen MR) is 86.4 cm³/mol. The van der Waals surface area contributed by atoms with Gasteiger partial charge in [0.1, 0.15) is 11.6 Å². The summed E-state index contributed by atoms with van der Waals surface area (Å²) in [5.41, 5.74) is 0.549. The lowest BCUT2D eigenvalue weighted by Crippen LogP contribution is -2.35. The molecule has 0 spiro atoms. The third-order valence-corrected chi connectivity index (χ3v) is 3.96. The molecule has 1 N–H and O–H groups in total. The summed E-state index contributed by atoms with van der Waals surface area (Å²) < 4.78 is 0.983. The maximum atomic E-state index is 11.9. The molecule has 22 heavy (non-hydrogen) atoms. The molecule has 0 aliphatic carbocycles. The van der Waals surface area contributed by atoms with E-state index in [1.165, 1.54) is 6.20 Å². The van der Waals surface area contributed by atoms with Crippen LogP contribution in [-0.4, -0.2) is 22.2 Å².